The molecule has 0 aliphatic carbocycles. The zero-order chi connectivity index (χ0) is 22.7. The van der Waals surface area contributed by atoms with Crippen LogP contribution in [0.25, 0.3) is 10.3 Å². The first kappa shape index (κ1) is 22.2. The molecule has 1 aromatic carbocycles. The quantitative estimate of drug-likeness (QED) is 0.568. The van der Waals surface area contributed by atoms with E-state index in [1.807, 2.05) is 11.8 Å². The molecule has 0 saturated carbocycles. The van der Waals surface area contributed by atoms with Gasteiger partial charge in [0.05, 0.1) is 5.92 Å². The van der Waals surface area contributed by atoms with Crippen molar-refractivity contribution in [2.45, 2.75) is 26.3 Å². The summed E-state index contributed by atoms with van der Waals surface area (Å²) in [6.07, 6.45) is 3.04. The number of nitrogens with one attached hydrogen (secondary N) is 2. The highest BCUT2D eigenvalue weighted by atomic mass is 35.5. The van der Waals surface area contributed by atoms with E-state index in [0.717, 1.165) is 19.4 Å². The molecular weight excluding hydrogens is 452 g/mol. The Labute approximate surface area is 193 Å². The van der Waals surface area contributed by atoms with Crippen molar-refractivity contribution in [3.05, 3.63) is 46.0 Å². The van der Waals surface area contributed by atoms with Crippen LogP contribution in [0.5, 0.6) is 0 Å². The molecule has 0 unspecified atom stereocenters. The van der Waals surface area contributed by atoms with Gasteiger partial charge in [-0.2, -0.15) is 4.98 Å². The standard InChI is InChI=1S/C21H23ClN6O3S/c1-2-23-19(30)13-5-4-8-27(10-13)21-26-18-17(32-21)20(31)28(12-24-18)11-16(29)25-15-7-3-6-14(22)9-15/h3,6-7,9,12-13H,2,4-5,8,10-11H2,1H3,(H,23,30)(H,25,29)/t13-/m1/s1. The Hall–Kier alpha value is -2.98. The first-order valence-electron chi connectivity index (χ1n) is 10.4. The Morgan fingerprint density at radius 3 is 2.97 bits per heavy atom. The van der Waals surface area contributed by atoms with E-state index in [1.54, 1.807) is 24.3 Å². The number of hydrogen-bond acceptors (Lipinski definition) is 7. The van der Waals surface area contributed by atoms with Gasteiger partial charge in [0.25, 0.3) is 5.56 Å². The third kappa shape index (κ3) is 4.91. The second-order valence-corrected chi connectivity index (χ2v) is 8.98. The molecule has 32 heavy (non-hydrogen) atoms. The Morgan fingerprint density at radius 1 is 1.34 bits per heavy atom. The summed E-state index contributed by atoms with van der Waals surface area (Å²) in [5.41, 5.74) is 0.579. The summed E-state index contributed by atoms with van der Waals surface area (Å²) in [7, 11) is 0. The van der Waals surface area contributed by atoms with Gasteiger partial charge in [-0.15, -0.1) is 0 Å². The number of aromatic nitrogens is 3. The number of hydrogen-bond donors (Lipinski definition) is 2. The van der Waals surface area contributed by atoms with E-state index in [9.17, 15) is 14.4 Å². The average molecular weight is 475 g/mol. The van der Waals surface area contributed by atoms with Gasteiger partial charge in [-0.25, -0.2) is 4.98 Å². The highest BCUT2D eigenvalue weighted by Crippen LogP contribution is 2.29. The normalized spacial score (nSPS) is 16.2. The largest absolute Gasteiger partial charge is 0.356 e. The van der Waals surface area contributed by atoms with Crippen molar-refractivity contribution in [2.24, 2.45) is 5.92 Å². The number of thiazole rings is 1. The summed E-state index contributed by atoms with van der Waals surface area (Å²) in [5.74, 6) is -0.416. The summed E-state index contributed by atoms with van der Waals surface area (Å²) < 4.78 is 1.65. The smallest absolute Gasteiger partial charge is 0.273 e. The summed E-state index contributed by atoms with van der Waals surface area (Å²) >= 11 is 7.18. The van der Waals surface area contributed by atoms with Crippen LogP contribution < -0.4 is 21.1 Å². The highest BCUT2D eigenvalue weighted by molar-refractivity contribution is 7.22. The minimum atomic E-state index is -0.360. The zero-order valence-electron chi connectivity index (χ0n) is 17.5. The van der Waals surface area contributed by atoms with Gasteiger partial charge in [-0.3, -0.25) is 19.0 Å². The van der Waals surface area contributed by atoms with Crippen LogP contribution in [0.15, 0.2) is 35.4 Å². The molecule has 1 aliphatic rings. The van der Waals surface area contributed by atoms with Gasteiger partial charge in [-0.1, -0.05) is 29.0 Å². The molecule has 0 spiro atoms. The van der Waals surface area contributed by atoms with E-state index < -0.39 is 0 Å². The van der Waals surface area contributed by atoms with Crippen molar-refractivity contribution in [3.8, 4) is 0 Å². The molecule has 3 aromatic rings. The Kier molecular flexibility index (Phi) is 6.71. The van der Waals surface area contributed by atoms with Gasteiger partial charge >= 0.3 is 0 Å². The molecular formula is C21H23ClN6O3S. The highest BCUT2D eigenvalue weighted by Gasteiger charge is 2.27. The third-order valence-corrected chi connectivity index (χ3v) is 6.54. The van der Waals surface area contributed by atoms with Crippen molar-refractivity contribution >= 4 is 55.9 Å². The van der Waals surface area contributed by atoms with E-state index in [2.05, 4.69) is 20.6 Å². The number of anilines is 2. The van der Waals surface area contributed by atoms with E-state index in [1.165, 1.54) is 22.2 Å². The molecule has 2 aromatic heterocycles. The topological polar surface area (TPSA) is 109 Å². The molecule has 1 aliphatic heterocycles. The van der Waals surface area contributed by atoms with Gasteiger partial charge in [0.2, 0.25) is 11.8 Å². The number of piperidine rings is 1. The number of carbonyl (C=O) groups is 2. The van der Waals surface area contributed by atoms with Gasteiger partial charge in [0, 0.05) is 30.3 Å². The first-order chi connectivity index (χ1) is 15.4. The maximum absolute atomic E-state index is 12.9. The van der Waals surface area contributed by atoms with Gasteiger partial charge in [0.1, 0.15) is 17.6 Å². The van der Waals surface area contributed by atoms with Crippen LogP contribution in [-0.4, -0.2) is 46.0 Å². The van der Waals surface area contributed by atoms with Crippen LogP contribution in [0.3, 0.4) is 0 Å². The number of nitrogens with zero attached hydrogens (tertiary/aromatic N) is 4. The molecule has 3 heterocycles. The van der Waals surface area contributed by atoms with Crippen molar-refractivity contribution in [2.75, 3.05) is 29.9 Å². The van der Waals surface area contributed by atoms with Crippen LogP contribution >= 0.6 is 22.9 Å². The minimum Gasteiger partial charge on any atom is -0.356 e. The number of halogens is 1. The molecule has 0 bridgehead atoms. The molecule has 168 valence electrons. The van der Waals surface area contributed by atoms with Crippen LogP contribution in [0.4, 0.5) is 10.8 Å². The third-order valence-electron chi connectivity index (χ3n) is 5.21. The minimum absolute atomic E-state index is 0.0458. The molecule has 2 N–H and O–H groups in total. The maximum Gasteiger partial charge on any atom is 0.273 e. The van der Waals surface area contributed by atoms with Crippen LogP contribution in [0.2, 0.25) is 5.02 Å². The fraction of sp³-hybridized carbons (Fsp3) is 0.381. The molecule has 0 radical (unpaired) electrons. The number of benzene rings is 1. The Morgan fingerprint density at radius 2 is 2.19 bits per heavy atom. The van der Waals surface area contributed by atoms with Gasteiger partial charge < -0.3 is 15.5 Å². The lowest BCUT2D eigenvalue weighted by molar-refractivity contribution is -0.125. The lowest BCUT2D eigenvalue weighted by Crippen LogP contribution is -2.43. The predicted octanol–water partition coefficient (Wildman–Crippen LogP) is 2.50. The first-order valence-corrected chi connectivity index (χ1v) is 11.6. The predicted molar refractivity (Wildman–Crippen MR) is 125 cm³/mol. The summed E-state index contributed by atoms with van der Waals surface area (Å²) in [6, 6.07) is 6.79. The van der Waals surface area contributed by atoms with Crippen molar-refractivity contribution < 1.29 is 9.59 Å². The lowest BCUT2D eigenvalue weighted by atomic mass is 9.97. The van der Waals surface area contributed by atoms with Crippen LogP contribution in [-0.2, 0) is 16.1 Å². The molecule has 9 nitrogen and oxygen atoms in total. The molecule has 1 fully saturated rings. The molecule has 11 heteroatoms. The van der Waals surface area contributed by atoms with Crippen molar-refractivity contribution in [1.82, 2.24) is 19.9 Å². The van der Waals surface area contributed by atoms with Gasteiger partial charge in [-0.05, 0) is 38.0 Å². The van der Waals surface area contributed by atoms with E-state index in [4.69, 9.17) is 11.6 Å². The van der Waals surface area contributed by atoms with Crippen LogP contribution in [0, 0.1) is 5.92 Å². The summed E-state index contributed by atoms with van der Waals surface area (Å²) in [6.45, 7) is 3.65. The molecule has 4 rings (SSSR count). The Bertz CT molecular complexity index is 1210. The second-order valence-electron chi connectivity index (χ2n) is 7.57. The average Bonchev–Trinajstić information content (AvgIpc) is 3.21. The molecule has 1 saturated heterocycles. The Balaban J connectivity index is 1.50. The van der Waals surface area contributed by atoms with E-state index in [-0.39, 0.29) is 29.8 Å². The van der Waals surface area contributed by atoms with E-state index in [0.29, 0.717) is 39.3 Å². The fourth-order valence-electron chi connectivity index (χ4n) is 3.69. The van der Waals surface area contributed by atoms with Crippen LogP contribution in [0.1, 0.15) is 19.8 Å². The SMILES string of the molecule is CCNC(=O)[C@@H]1CCCN(c2nc3ncn(CC(=O)Nc4cccc(Cl)c4)c(=O)c3s2)C1. The van der Waals surface area contributed by atoms with Gasteiger partial charge in [0.15, 0.2) is 10.8 Å². The summed E-state index contributed by atoms with van der Waals surface area (Å²) in [5, 5.41) is 6.77. The lowest BCUT2D eigenvalue weighted by Gasteiger charge is -2.31. The summed E-state index contributed by atoms with van der Waals surface area (Å²) in [4.78, 5) is 48.4. The fourth-order valence-corrected chi connectivity index (χ4v) is 4.88. The monoisotopic (exact) mass is 474 g/mol. The maximum atomic E-state index is 12.9. The number of rotatable bonds is 6. The molecule has 2 amide bonds. The number of carbonyl (C=O) groups excluding carboxylic acids is 2. The van der Waals surface area contributed by atoms with E-state index >= 15 is 0 Å². The van der Waals surface area contributed by atoms with Crippen molar-refractivity contribution in [1.29, 1.82) is 0 Å². The molecule has 1 atom stereocenters. The zero-order valence-corrected chi connectivity index (χ0v) is 19.1. The number of fused-ring (bicyclic) bond motifs is 1. The van der Waals surface area contributed by atoms with Crippen molar-refractivity contribution in [3.63, 3.8) is 0 Å². The second kappa shape index (κ2) is 9.66. The number of amides is 2.